The van der Waals surface area contributed by atoms with Gasteiger partial charge in [-0.3, -0.25) is 9.69 Å². The smallest absolute Gasteiger partial charge is 0.221 e. The van der Waals surface area contributed by atoms with Crippen molar-refractivity contribution in [3.8, 4) is 0 Å². The van der Waals surface area contributed by atoms with Crippen molar-refractivity contribution in [1.82, 2.24) is 10.2 Å². The van der Waals surface area contributed by atoms with E-state index in [2.05, 4.69) is 21.2 Å². The van der Waals surface area contributed by atoms with Gasteiger partial charge in [0, 0.05) is 56.6 Å². The number of hydrogen-bond acceptors (Lipinski definition) is 4. The van der Waals surface area contributed by atoms with Gasteiger partial charge < -0.3 is 16.0 Å². The quantitative estimate of drug-likeness (QED) is 0.795. The molecule has 1 aromatic carbocycles. The number of piperazine rings is 1. The Bertz CT molecular complexity index is 493. The molecule has 1 saturated heterocycles. The molecule has 1 saturated carbocycles. The summed E-state index contributed by atoms with van der Waals surface area (Å²) in [4.78, 5) is 16.4. The zero-order valence-electron chi connectivity index (χ0n) is 12.4. The summed E-state index contributed by atoms with van der Waals surface area (Å²) >= 11 is 0. The second-order valence-corrected chi connectivity index (χ2v) is 6.02. The zero-order valence-corrected chi connectivity index (χ0v) is 12.4. The van der Waals surface area contributed by atoms with Crippen LogP contribution in [0.2, 0.25) is 0 Å². The second-order valence-electron chi connectivity index (χ2n) is 6.02. The molecule has 0 bridgehead atoms. The van der Waals surface area contributed by atoms with Crippen LogP contribution < -0.4 is 16.0 Å². The van der Waals surface area contributed by atoms with Gasteiger partial charge >= 0.3 is 0 Å². The van der Waals surface area contributed by atoms with Crippen LogP contribution in [0.25, 0.3) is 0 Å². The van der Waals surface area contributed by atoms with Gasteiger partial charge in [0.2, 0.25) is 5.91 Å². The molecule has 3 N–H and O–H groups in total. The molecular weight excluding hydrogens is 264 g/mol. The van der Waals surface area contributed by atoms with Crippen LogP contribution in [0.5, 0.6) is 0 Å². The van der Waals surface area contributed by atoms with Gasteiger partial charge in [-0.15, -0.1) is 0 Å². The van der Waals surface area contributed by atoms with Crippen LogP contribution in [0.15, 0.2) is 24.3 Å². The topological polar surface area (TPSA) is 61.6 Å². The highest BCUT2D eigenvalue weighted by Gasteiger charge is 2.23. The lowest BCUT2D eigenvalue weighted by atomic mass is 10.2. The summed E-state index contributed by atoms with van der Waals surface area (Å²) in [7, 11) is 0. The molecule has 2 aliphatic rings. The van der Waals surface area contributed by atoms with E-state index in [0.717, 1.165) is 51.3 Å². The van der Waals surface area contributed by atoms with E-state index in [-0.39, 0.29) is 5.91 Å². The molecule has 1 aliphatic heterocycles. The molecule has 5 nitrogen and oxygen atoms in total. The minimum Gasteiger partial charge on any atom is -0.399 e. The third-order valence-corrected chi connectivity index (χ3v) is 4.21. The number of amides is 1. The van der Waals surface area contributed by atoms with Crippen LogP contribution in [0.3, 0.4) is 0 Å². The summed E-state index contributed by atoms with van der Waals surface area (Å²) in [6, 6.07) is 8.52. The van der Waals surface area contributed by atoms with E-state index in [1.807, 2.05) is 18.2 Å². The maximum atomic E-state index is 11.7. The van der Waals surface area contributed by atoms with Crippen molar-refractivity contribution in [2.45, 2.75) is 25.3 Å². The molecule has 1 aromatic rings. The Hall–Kier alpha value is -1.75. The van der Waals surface area contributed by atoms with Gasteiger partial charge in [-0.05, 0) is 31.0 Å². The molecule has 3 rings (SSSR count). The van der Waals surface area contributed by atoms with Crippen LogP contribution in [0.4, 0.5) is 11.4 Å². The molecule has 5 heteroatoms. The van der Waals surface area contributed by atoms with Crippen LogP contribution in [-0.2, 0) is 4.79 Å². The number of nitrogens with two attached hydrogens (primary N) is 1. The Balaban J connectivity index is 1.41. The molecule has 21 heavy (non-hydrogen) atoms. The van der Waals surface area contributed by atoms with Gasteiger partial charge in [-0.1, -0.05) is 6.07 Å². The summed E-state index contributed by atoms with van der Waals surface area (Å²) in [5.41, 5.74) is 7.84. The van der Waals surface area contributed by atoms with E-state index in [4.69, 9.17) is 5.73 Å². The Morgan fingerprint density at radius 1 is 1.24 bits per heavy atom. The van der Waals surface area contributed by atoms with Crippen molar-refractivity contribution in [1.29, 1.82) is 0 Å². The van der Waals surface area contributed by atoms with E-state index in [9.17, 15) is 4.79 Å². The average molecular weight is 288 g/mol. The van der Waals surface area contributed by atoms with Crippen molar-refractivity contribution in [3.63, 3.8) is 0 Å². The van der Waals surface area contributed by atoms with Crippen LogP contribution >= 0.6 is 0 Å². The Morgan fingerprint density at radius 2 is 2.00 bits per heavy atom. The number of rotatable bonds is 5. The number of nitrogens with zero attached hydrogens (tertiary/aromatic N) is 2. The molecular formula is C16H24N4O. The minimum absolute atomic E-state index is 0.204. The first kappa shape index (κ1) is 14.2. The second kappa shape index (κ2) is 6.35. The van der Waals surface area contributed by atoms with Crippen molar-refractivity contribution in [2.75, 3.05) is 43.4 Å². The van der Waals surface area contributed by atoms with Gasteiger partial charge in [0.25, 0.3) is 0 Å². The molecule has 0 unspecified atom stereocenters. The number of nitrogen functional groups attached to an aromatic ring is 1. The molecule has 1 aliphatic carbocycles. The molecule has 0 atom stereocenters. The Labute approximate surface area is 126 Å². The first-order valence-electron chi connectivity index (χ1n) is 7.83. The molecule has 0 spiro atoms. The predicted octanol–water partition coefficient (Wildman–Crippen LogP) is 1.06. The maximum Gasteiger partial charge on any atom is 0.221 e. The predicted molar refractivity (Wildman–Crippen MR) is 85.3 cm³/mol. The average Bonchev–Trinajstić information content (AvgIpc) is 3.30. The van der Waals surface area contributed by atoms with Gasteiger partial charge in [0.15, 0.2) is 0 Å². The molecule has 114 valence electrons. The lowest BCUT2D eigenvalue weighted by Crippen LogP contribution is -2.47. The molecule has 0 radical (unpaired) electrons. The lowest BCUT2D eigenvalue weighted by Gasteiger charge is -2.36. The van der Waals surface area contributed by atoms with Gasteiger partial charge in [0.05, 0.1) is 0 Å². The van der Waals surface area contributed by atoms with Crippen molar-refractivity contribution < 1.29 is 4.79 Å². The van der Waals surface area contributed by atoms with Crippen molar-refractivity contribution in [3.05, 3.63) is 24.3 Å². The number of benzene rings is 1. The highest BCUT2D eigenvalue weighted by atomic mass is 16.1. The van der Waals surface area contributed by atoms with Crippen molar-refractivity contribution in [2.24, 2.45) is 0 Å². The SMILES string of the molecule is Nc1cccc(N2CCN(CCC(=O)NC3CC3)CC2)c1. The monoisotopic (exact) mass is 288 g/mol. The minimum atomic E-state index is 0.204. The number of carbonyl (C=O) groups is 1. The Morgan fingerprint density at radius 3 is 2.67 bits per heavy atom. The number of nitrogens with one attached hydrogen (secondary N) is 1. The lowest BCUT2D eigenvalue weighted by molar-refractivity contribution is -0.121. The fraction of sp³-hybridized carbons (Fsp3) is 0.562. The van der Waals surface area contributed by atoms with Crippen LogP contribution in [-0.4, -0.2) is 49.6 Å². The fourth-order valence-corrected chi connectivity index (χ4v) is 2.74. The fourth-order valence-electron chi connectivity index (χ4n) is 2.74. The van der Waals surface area contributed by atoms with Crippen LogP contribution in [0.1, 0.15) is 19.3 Å². The van der Waals surface area contributed by atoms with Crippen molar-refractivity contribution >= 4 is 17.3 Å². The van der Waals surface area contributed by atoms with E-state index in [1.165, 1.54) is 5.69 Å². The normalized spacial score (nSPS) is 19.5. The summed E-state index contributed by atoms with van der Waals surface area (Å²) in [5.74, 6) is 0.204. The largest absolute Gasteiger partial charge is 0.399 e. The highest BCUT2D eigenvalue weighted by molar-refractivity contribution is 5.76. The number of hydrogen-bond donors (Lipinski definition) is 2. The highest BCUT2D eigenvalue weighted by Crippen LogP contribution is 2.20. The van der Waals surface area contributed by atoms with Gasteiger partial charge in [-0.2, -0.15) is 0 Å². The summed E-state index contributed by atoms with van der Waals surface area (Å²) in [6.45, 7) is 4.86. The third-order valence-electron chi connectivity index (χ3n) is 4.21. The van der Waals surface area contributed by atoms with E-state index >= 15 is 0 Å². The summed E-state index contributed by atoms with van der Waals surface area (Å²) in [6.07, 6.45) is 2.93. The third kappa shape index (κ3) is 4.11. The van der Waals surface area contributed by atoms with E-state index in [1.54, 1.807) is 0 Å². The molecule has 1 heterocycles. The summed E-state index contributed by atoms with van der Waals surface area (Å²) < 4.78 is 0. The number of carbonyl (C=O) groups excluding carboxylic acids is 1. The first-order chi connectivity index (χ1) is 10.2. The van der Waals surface area contributed by atoms with Gasteiger partial charge in [-0.25, -0.2) is 0 Å². The standard InChI is InChI=1S/C16H24N4O/c17-13-2-1-3-15(12-13)20-10-8-19(9-11-20)7-6-16(21)18-14-4-5-14/h1-3,12,14H,4-11,17H2,(H,18,21). The zero-order chi connectivity index (χ0) is 14.7. The molecule has 0 aromatic heterocycles. The number of anilines is 2. The Kier molecular flexibility index (Phi) is 4.29. The maximum absolute atomic E-state index is 11.7. The molecule has 2 fully saturated rings. The van der Waals surface area contributed by atoms with E-state index in [0.29, 0.717) is 12.5 Å². The van der Waals surface area contributed by atoms with Crippen LogP contribution in [0, 0.1) is 0 Å². The first-order valence-corrected chi connectivity index (χ1v) is 7.83. The van der Waals surface area contributed by atoms with E-state index < -0.39 is 0 Å². The molecule has 1 amide bonds. The summed E-state index contributed by atoms with van der Waals surface area (Å²) in [5, 5.41) is 3.04. The van der Waals surface area contributed by atoms with Gasteiger partial charge in [0.1, 0.15) is 0 Å².